The Balaban J connectivity index is 1.49. The van der Waals surface area contributed by atoms with E-state index >= 15 is 0 Å². The van der Waals surface area contributed by atoms with Gasteiger partial charge in [0.15, 0.2) is 0 Å². The van der Waals surface area contributed by atoms with Gasteiger partial charge in [0, 0.05) is 18.2 Å². The number of nitrogens with zero attached hydrogens (tertiary/aromatic N) is 2. The maximum atomic E-state index is 13.5. The highest BCUT2D eigenvalue weighted by atomic mass is 19.1. The molecule has 0 radical (unpaired) electrons. The number of benzene rings is 2. The van der Waals surface area contributed by atoms with Crippen molar-refractivity contribution in [3.8, 4) is 0 Å². The van der Waals surface area contributed by atoms with Gasteiger partial charge in [0.1, 0.15) is 23.9 Å². The molecule has 1 aliphatic rings. The third-order valence-electron chi connectivity index (χ3n) is 6.36. The van der Waals surface area contributed by atoms with Gasteiger partial charge in [-0.15, -0.1) is 0 Å². The van der Waals surface area contributed by atoms with Crippen LogP contribution in [0, 0.1) is 12.7 Å². The third kappa shape index (κ3) is 6.81. The summed E-state index contributed by atoms with van der Waals surface area (Å²) in [5, 5.41) is 0. The van der Waals surface area contributed by atoms with Crippen molar-refractivity contribution in [1.82, 2.24) is 9.80 Å². The van der Waals surface area contributed by atoms with Crippen molar-refractivity contribution in [2.75, 3.05) is 6.54 Å². The third-order valence-corrected chi connectivity index (χ3v) is 6.36. The molecule has 0 unspecified atom stereocenters. The molecule has 0 aliphatic heterocycles. The highest BCUT2D eigenvalue weighted by Gasteiger charge is 2.35. The number of amides is 2. The van der Waals surface area contributed by atoms with Crippen molar-refractivity contribution in [3.05, 3.63) is 94.7 Å². The number of carbonyl (C=O) groups is 2. The molecule has 5 nitrogen and oxygen atoms in total. The molecule has 0 bridgehead atoms. The largest absolute Gasteiger partial charge is 0.464 e. The van der Waals surface area contributed by atoms with Gasteiger partial charge in [-0.1, -0.05) is 37.6 Å². The highest BCUT2D eigenvalue weighted by Crippen LogP contribution is 2.29. The fourth-order valence-corrected chi connectivity index (χ4v) is 4.16. The first kappa shape index (κ1) is 24.7. The Morgan fingerprint density at radius 1 is 0.943 bits per heavy atom. The van der Waals surface area contributed by atoms with Crippen molar-refractivity contribution in [2.45, 2.75) is 65.1 Å². The van der Waals surface area contributed by atoms with E-state index < -0.39 is 0 Å². The number of furan rings is 1. The molecule has 2 amide bonds. The van der Waals surface area contributed by atoms with Gasteiger partial charge in [-0.25, -0.2) is 4.39 Å². The number of unbranched alkanes of at least 4 members (excludes halogenated alkanes) is 1. The summed E-state index contributed by atoms with van der Waals surface area (Å²) in [6.07, 6.45) is 5.06. The second-order valence-corrected chi connectivity index (χ2v) is 9.35. The van der Waals surface area contributed by atoms with Crippen LogP contribution in [0.25, 0.3) is 0 Å². The lowest BCUT2D eigenvalue weighted by molar-refractivity contribution is -0.133. The highest BCUT2D eigenvalue weighted by molar-refractivity contribution is 5.97. The summed E-state index contributed by atoms with van der Waals surface area (Å²) in [6.45, 7) is 4.61. The maximum absolute atomic E-state index is 13.5. The minimum absolute atomic E-state index is 0.00196. The minimum Gasteiger partial charge on any atom is -0.464 e. The molecule has 1 heterocycles. The Morgan fingerprint density at radius 3 is 2.23 bits per heavy atom. The molecule has 1 aliphatic carbocycles. The van der Waals surface area contributed by atoms with Gasteiger partial charge in [-0.2, -0.15) is 0 Å². The summed E-state index contributed by atoms with van der Waals surface area (Å²) in [7, 11) is 0. The summed E-state index contributed by atoms with van der Waals surface area (Å²) >= 11 is 0. The molecule has 1 aromatic heterocycles. The zero-order valence-corrected chi connectivity index (χ0v) is 20.5. The normalized spacial score (nSPS) is 13.0. The molecular weight excluding hydrogens is 443 g/mol. The van der Waals surface area contributed by atoms with Crippen LogP contribution in [0.2, 0.25) is 0 Å². The molecule has 0 atom stereocenters. The summed E-state index contributed by atoms with van der Waals surface area (Å²) < 4.78 is 19.1. The molecular formula is C29H33FN2O3. The van der Waals surface area contributed by atoms with Crippen LogP contribution in [0.1, 0.15) is 65.6 Å². The van der Waals surface area contributed by atoms with E-state index in [9.17, 15) is 14.0 Å². The van der Waals surface area contributed by atoms with Gasteiger partial charge in [-0.05, 0) is 80.1 Å². The number of carbonyl (C=O) groups excluding carboxylic acids is 2. The lowest BCUT2D eigenvalue weighted by atomic mass is 10.1. The van der Waals surface area contributed by atoms with E-state index in [4.69, 9.17) is 4.42 Å². The first-order valence-corrected chi connectivity index (χ1v) is 12.4. The Hall–Kier alpha value is -3.41. The van der Waals surface area contributed by atoms with E-state index in [2.05, 4.69) is 6.92 Å². The van der Waals surface area contributed by atoms with E-state index in [1.807, 2.05) is 43.3 Å². The molecule has 6 heteroatoms. The average molecular weight is 477 g/mol. The predicted octanol–water partition coefficient (Wildman–Crippen LogP) is 5.90. The lowest BCUT2D eigenvalue weighted by Crippen LogP contribution is -2.43. The topological polar surface area (TPSA) is 53.8 Å². The molecule has 0 saturated heterocycles. The predicted molar refractivity (Wildman–Crippen MR) is 133 cm³/mol. The maximum Gasteiger partial charge on any atom is 0.254 e. The van der Waals surface area contributed by atoms with Crippen molar-refractivity contribution >= 4 is 11.8 Å². The van der Waals surface area contributed by atoms with E-state index in [1.54, 1.807) is 21.9 Å². The number of rotatable bonds is 11. The van der Waals surface area contributed by atoms with Crippen molar-refractivity contribution < 1.29 is 18.4 Å². The summed E-state index contributed by atoms with van der Waals surface area (Å²) in [5.74, 6) is 0.845. The first-order chi connectivity index (χ1) is 16.9. The zero-order chi connectivity index (χ0) is 24.8. The molecule has 184 valence electrons. The van der Waals surface area contributed by atoms with Gasteiger partial charge in [-0.3, -0.25) is 9.59 Å². The fourth-order valence-electron chi connectivity index (χ4n) is 4.16. The molecule has 35 heavy (non-hydrogen) atoms. The van der Waals surface area contributed by atoms with Crippen LogP contribution in [-0.4, -0.2) is 34.2 Å². The number of hydrogen-bond acceptors (Lipinski definition) is 3. The zero-order valence-electron chi connectivity index (χ0n) is 20.5. The molecule has 3 aromatic rings. The van der Waals surface area contributed by atoms with Gasteiger partial charge in [0.2, 0.25) is 5.91 Å². The van der Waals surface area contributed by atoms with Crippen molar-refractivity contribution in [1.29, 1.82) is 0 Å². The van der Waals surface area contributed by atoms with Crippen LogP contribution in [0.5, 0.6) is 0 Å². The Morgan fingerprint density at radius 2 is 1.63 bits per heavy atom. The van der Waals surface area contributed by atoms with Gasteiger partial charge in [0.05, 0.1) is 6.54 Å². The summed E-state index contributed by atoms with van der Waals surface area (Å²) in [5.41, 5.74) is 2.64. The van der Waals surface area contributed by atoms with E-state index in [0.717, 1.165) is 43.4 Å². The SMILES string of the molecule is CCCCc1ccc(C(=O)N(CC(=O)N(Cc2ccc(F)cc2)Cc2ccc(C)o2)C2CC2)cc1. The van der Waals surface area contributed by atoms with Crippen LogP contribution in [-0.2, 0) is 24.3 Å². The standard InChI is InChI=1S/C29H33FN2O3/c1-3-4-5-22-7-11-24(12-8-22)29(34)32(26-15-16-26)20-28(33)31(19-27-17-6-21(2)35-27)18-23-9-13-25(30)14-10-23/h6-14,17,26H,3-5,15-16,18-20H2,1-2H3. The summed E-state index contributed by atoms with van der Waals surface area (Å²) in [6, 6.07) is 17.7. The molecule has 1 saturated carbocycles. The first-order valence-electron chi connectivity index (χ1n) is 12.4. The number of halogens is 1. The minimum atomic E-state index is -0.320. The Kier molecular flexibility index (Phi) is 8.01. The second kappa shape index (κ2) is 11.3. The smallest absolute Gasteiger partial charge is 0.254 e. The van der Waals surface area contributed by atoms with E-state index in [0.29, 0.717) is 17.9 Å². The average Bonchev–Trinajstić information content (AvgIpc) is 3.62. The molecule has 4 rings (SSSR count). The van der Waals surface area contributed by atoms with Crippen LogP contribution in [0.15, 0.2) is 65.1 Å². The monoisotopic (exact) mass is 476 g/mol. The Bertz CT molecular complexity index is 1130. The van der Waals surface area contributed by atoms with Crippen LogP contribution < -0.4 is 0 Å². The van der Waals surface area contributed by atoms with Gasteiger partial charge >= 0.3 is 0 Å². The second-order valence-electron chi connectivity index (χ2n) is 9.35. The van der Waals surface area contributed by atoms with E-state index in [1.165, 1.54) is 17.7 Å². The van der Waals surface area contributed by atoms with Crippen LogP contribution in [0.3, 0.4) is 0 Å². The Labute approximate surface area is 206 Å². The summed E-state index contributed by atoms with van der Waals surface area (Å²) in [4.78, 5) is 30.2. The lowest BCUT2D eigenvalue weighted by Gasteiger charge is -2.27. The van der Waals surface area contributed by atoms with Gasteiger partial charge < -0.3 is 14.2 Å². The number of hydrogen-bond donors (Lipinski definition) is 0. The number of aryl methyl sites for hydroxylation is 2. The van der Waals surface area contributed by atoms with Crippen molar-refractivity contribution in [3.63, 3.8) is 0 Å². The molecule has 1 fully saturated rings. The molecule has 0 spiro atoms. The van der Waals surface area contributed by atoms with E-state index in [-0.39, 0.29) is 36.8 Å². The quantitative estimate of drug-likeness (QED) is 0.346. The van der Waals surface area contributed by atoms with Gasteiger partial charge in [0.25, 0.3) is 5.91 Å². The fraction of sp³-hybridized carbons (Fsp3) is 0.379. The molecule has 2 aromatic carbocycles. The van der Waals surface area contributed by atoms with Crippen molar-refractivity contribution in [2.24, 2.45) is 0 Å². The van der Waals surface area contributed by atoms with Crippen LogP contribution in [0.4, 0.5) is 4.39 Å². The molecule has 0 N–H and O–H groups in total. The van der Waals surface area contributed by atoms with Crippen LogP contribution >= 0.6 is 0 Å².